The summed E-state index contributed by atoms with van der Waals surface area (Å²) in [7, 11) is 0. The van der Waals surface area contributed by atoms with E-state index in [-0.39, 0.29) is 30.1 Å². The van der Waals surface area contributed by atoms with Gasteiger partial charge in [-0.2, -0.15) is 13.2 Å². The molecule has 7 nitrogen and oxygen atoms in total. The first kappa shape index (κ1) is 26.0. The van der Waals surface area contributed by atoms with Crippen molar-refractivity contribution in [3.05, 3.63) is 35.4 Å². The number of carbonyl (C=O) groups is 3. The number of nitrogens with one attached hydrogen (secondary N) is 2. The number of alkyl halides is 3. The Balaban J connectivity index is 1.72. The Morgan fingerprint density at radius 3 is 2.41 bits per heavy atom. The highest BCUT2D eigenvalue weighted by molar-refractivity contribution is 5.98. The fourth-order valence-corrected chi connectivity index (χ4v) is 5.12. The molecule has 3 unspecified atom stereocenters. The summed E-state index contributed by atoms with van der Waals surface area (Å²) in [6.07, 6.45) is -2.76. The van der Waals surface area contributed by atoms with E-state index in [4.69, 9.17) is 0 Å². The van der Waals surface area contributed by atoms with Crippen molar-refractivity contribution in [2.24, 2.45) is 5.41 Å². The van der Waals surface area contributed by atoms with E-state index in [1.165, 1.54) is 11.0 Å². The number of nitrogens with zero attached hydrogens (tertiary/aromatic N) is 1. The number of benzene rings is 1. The lowest BCUT2D eigenvalue weighted by Crippen LogP contribution is -2.59. The van der Waals surface area contributed by atoms with Crippen molar-refractivity contribution in [2.45, 2.75) is 83.2 Å². The van der Waals surface area contributed by atoms with Crippen LogP contribution in [0, 0.1) is 5.41 Å². The lowest BCUT2D eigenvalue weighted by Gasteiger charge is -2.47. The van der Waals surface area contributed by atoms with Gasteiger partial charge < -0.3 is 20.6 Å². The molecule has 1 aliphatic carbocycles. The molecule has 4 atom stereocenters. The molecule has 0 bridgehead atoms. The maximum Gasteiger partial charge on any atom is 0.416 e. The van der Waals surface area contributed by atoms with Gasteiger partial charge in [-0.05, 0) is 71.6 Å². The van der Waals surface area contributed by atoms with E-state index in [0.29, 0.717) is 19.3 Å². The Hall–Kier alpha value is -2.62. The van der Waals surface area contributed by atoms with Gasteiger partial charge >= 0.3 is 12.1 Å². The number of aliphatic carboxylic acids is 1. The van der Waals surface area contributed by atoms with Crippen LogP contribution < -0.4 is 10.6 Å². The van der Waals surface area contributed by atoms with Gasteiger partial charge in [-0.3, -0.25) is 14.4 Å². The third-order valence-electron chi connectivity index (χ3n) is 6.69. The number of hydrogen-bond acceptors (Lipinski definition) is 4. The summed E-state index contributed by atoms with van der Waals surface area (Å²) in [5, 5.41) is 16.0. The molecule has 1 aromatic carbocycles. The number of carboxylic acids is 1. The predicted molar refractivity (Wildman–Crippen MR) is 119 cm³/mol. The highest BCUT2D eigenvalue weighted by Crippen LogP contribution is 2.41. The molecule has 1 heterocycles. The van der Waals surface area contributed by atoms with E-state index in [0.717, 1.165) is 18.2 Å². The van der Waals surface area contributed by atoms with Gasteiger partial charge in [-0.15, -0.1) is 0 Å². The van der Waals surface area contributed by atoms with Crippen molar-refractivity contribution in [3.63, 3.8) is 0 Å². The van der Waals surface area contributed by atoms with Crippen LogP contribution >= 0.6 is 0 Å². The fraction of sp³-hybridized carbons (Fsp3) is 0.625. The summed E-state index contributed by atoms with van der Waals surface area (Å²) < 4.78 is 38.9. The van der Waals surface area contributed by atoms with E-state index in [1.54, 1.807) is 6.92 Å². The Morgan fingerprint density at radius 2 is 1.82 bits per heavy atom. The van der Waals surface area contributed by atoms with Gasteiger partial charge in [0.15, 0.2) is 0 Å². The second-order valence-electron chi connectivity index (χ2n) is 10.5. The number of likely N-dealkylation sites (tertiary alicyclic amines) is 1. The molecule has 188 valence electrons. The van der Waals surface area contributed by atoms with E-state index >= 15 is 0 Å². The molecule has 34 heavy (non-hydrogen) atoms. The Kier molecular flexibility index (Phi) is 7.04. The van der Waals surface area contributed by atoms with Crippen molar-refractivity contribution in [1.29, 1.82) is 0 Å². The molecule has 0 aromatic heterocycles. The van der Waals surface area contributed by atoms with Crippen LogP contribution in [0.3, 0.4) is 0 Å². The number of halogens is 3. The zero-order valence-electron chi connectivity index (χ0n) is 19.8. The van der Waals surface area contributed by atoms with Crippen molar-refractivity contribution >= 4 is 17.8 Å². The van der Waals surface area contributed by atoms with Gasteiger partial charge in [-0.25, -0.2) is 0 Å². The smallest absolute Gasteiger partial charge is 0.416 e. The van der Waals surface area contributed by atoms with Gasteiger partial charge in [0.25, 0.3) is 5.91 Å². The third kappa shape index (κ3) is 5.54. The second kappa shape index (κ2) is 9.20. The highest BCUT2D eigenvalue weighted by atomic mass is 19.4. The number of amides is 2. The molecule has 1 aromatic rings. The van der Waals surface area contributed by atoms with E-state index in [2.05, 4.69) is 10.6 Å². The lowest BCUT2D eigenvalue weighted by molar-refractivity contribution is -0.158. The SMILES string of the molecule is CC(C)(C)NC1CCC(N2CC[C@H](NC(=O)c3cccc(C(F)(F)F)c3)C2=O)C(C)(C(=O)O)C1. The fourth-order valence-electron chi connectivity index (χ4n) is 5.12. The highest BCUT2D eigenvalue weighted by Gasteiger charge is 2.52. The van der Waals surface area contributed by atoms with E-state index in [1.807, 2.05) is 20.8 Å². The second-order valence-corrected chi connectivity index (χ2v) is 10.5. The van der Waals surface area contributed by atoms with Gasteiger partial charge in [0.2, 0.25) is 5.91 Å². The summed E-state index contributed by atoms with van der Waals surface area (Å²) in [6.45, 7) is 7.96. The number of carbonyl (C=O) groups excluding carboxylic acids is 2. The van der Waals surface area contributed by atoms with Crippen LogP contribution in [0.5, 0.6) is 0 Å². The van der Waals surface area contributed by atoms with Crippen LogP contribution in [0.25, 0.3) is 0 Å². The molecule has 2 amide bonds. The van der Waals surface area contributed by atoms with Crippen LogP contribution in [0.2, 0.25) is 0 Å². The first-order chi connectivity index (χ1) is 15.6. The number of hydrogen-bond donors (Lipinski definition) is 3. The standard InChI is InChI=1S/C24H32F3N3O4/c1-22(2,3)29-16-8-9-18(23(4,13-16)21(33)34)30-11-10-17(20(30)32)28-19(31)14-6-5-7-15(12-14)24(25,26)27/h5-7,12,16-18,29H,8-11,13H2,1-4H3,(H,28,31)(H,33,34)/t16?,17-,18?,23?/m0/s1. The van der Waals surface area contributed by atoms with Gasteiger partial charge in [0.1, 0.15) is 6.04 Å². The summed E-state index contributed by atoms with van der Waals surface area (Å²) in [4.78, 5) is 39.5. The molecule has 1 saturated carbocycles. The summed E-state index contributed by atoms with van der Waals surface area (Å²) in [6, 6.07) is 2.56. The van der Waals surface area contributed by atoms with Gasteiger partial charge in [0.05, 0.1) is 11.0 Å². The minimum Gasteiger partial charge on any atom is -0.481 e. The van der Waals surface area contributed by atoms with Crippen LogP contribution in [-0.4, -0.2) is 58.0 Å². The van der Waals surface area contributed by atoms with Crippen LogP contribution in [-0.2, 0) is 15.8 Å². The molecule has 0 radical (unpaired) electrons. The average molecular weight is 484 g/mol. The minimum absolute atomic E-state index is 0.00790. The predicted octanol–water partition coefficient (Wildman–Crippen LogP) is 3.44. The van der Waals surface area contributed by atoms with E-state index in [9.17, 15) is 32.7 Å². The zero-order valence-corrected chi connectivity index (χ0v) is 19.8. The van der Waals surface area contributed by atoms with Crippen molar-refractivity contribution in [3.8, 4) is 0 Å². The van der Waals surface area contributed by atoms with Crippen LogP contribution in [0.15, 0.2) is 24.3 Å². The first-order valence-corrected chi connectivity index (χ1v) is 11.4. The molecule has 1 aliphatic heterocycles. The quantitative estimate of drug-likeness (QED) is 0.596. The van der Waals surface area contributed by atoms with Gasteiger partial charge in [-0.1, -0.05) is 6.07 Å². The third-order valence-corrected chi connectivity index (χ3v) is 6.69. The molecule has 2 fully saturated rings. The van der Waals surface area contributed by atoms with Crippen molar-refractivity contribution in [2.75, 3.05) is 6.54 Å². The summed E-state index contributed by atoms with van der Waals surface area (Å²) in [5.41, 5.74) is -2.49. The van der Waals surface area contributed by atoms with Crippen LogP contribution in [0.1, 0.15) is 69.3 Å². The summed E-state index contributed by atoms with van der Waals surface area (Å²) >= 11 is 0. The van der Waals surface area contributed by atoms with Crippen molar-refractivity contribution < 1.29 is 32.7 Å². The number of carboxylic acid groups (broad SMARTS) is 1. The maximum atomic E-state index is 13.1. The average Bonchev–Trinajstić information content (AvgIpc) is 3.06. The molecule has 1 saturated heterocycles. The molecule has 3 N–H and O–H groups in total. The topological polar surface area (TPSA) is 98.7 Å². The molecular weight excluding hydrogens is 451 g/mol. The van der Waals surface area contributed by atoms with Crippen molar-refractivity contribution in [1.82, 2.24) is 15.5 Å². The van der Waals surface area contributed by atoms with E-state index < -0.39 is 47.0 Å². The van der Waals surface area contributed by atoms with Gasteiger partial charge in [0, 0.05) is 29.7 Å². The van der Waals surface area contributed by atoms with Crippen LogP contribution in [0.4, 0.5) is 13.2 Å². The Morgan fingerprint density at radius 1 is 1.15 bits per heavy atom. The Labute approximate surface area is 197 Å². The monoisotopic (exact) mass is 483 g/mol. The Bertz CT molecular complexity index is 960. The zero-order chi connectivity index (χ0) is 25.5. The number of rotatable bonds is 5. The maximum absolute atomic E-state index is 13.1. The lowest BCUT2D eigenvalue weighted by atomic mass is 9.68. The normalized spacial score (nSPS) is 28.1. The molecular formula is C24H32F3N3O4. The molecule has 2 aliphatic rings. The molecule has 10 heteroatoms. The molecule has 0 spiro atoms. The minimum atomic E-state index is -4.59. The first-order valence-electron chi connectivity index (χ1n) is 11.4. The molecule has 3 rings (SSSR count). The summed E-state index contributed by atoms with van der Waals surface area (Å²) in [5.74, 6) is -2.16. The largest absolute Gasteiger partial charge is 0.481 e.